The van der Waals surface area contributed by atoms with Crippen molar-refractivity contribution in [3.63, 3.8) is 0 Å². The van der Waals surface area contributed by atoms with E-state index in [1.165, 1.54) is 6.42 Å². The minimum atomic E-state index is -0.136. The Morgan fingerprint density at radius 3 is 2.54 bits per heavy atom. The molecule has 1 aliphatic carbocycles. The zero-order valence-corrected chi connectivity index (χ0v) is 7.59. The Labute approximate surface area is 79.0 Å². The lowest BCUT2D eigenvalue weighted by molar-refractivity contribution is 0.253. The fourth-order valence-corrected chi connectivity index (χ4v) is 1.87. The van der Waals surface area contributed by atoms with Crippen molar-refractivity contribution in [3.8, 4) is 12.3 Å². The van der Waals surface area contributed by atoms with Crippen LogP contribution in [0.5, 0.6) is 0 Å². The molecule has 1 fully saturated rings. The van der Waals surface area contributed by atoms with Gasteiger partial charge in [0.05, 0.1) is 0 Å². The summed E-state index contributed by atoms with van der Waals surface area (Å²) in [6, 6.07) is 7.97. The third-order valence-electron chi connectivity index (χ3n) is 2.86. The van der Waals surface area contributed by atoms with E-state index >= 15 is 0 Å². The van der Waals surface area contributed by atoms with Gasteiger partial charge in [0.2, 0.25) is 0 Å². The molecule has 0 spiro atoms. The fourth-order valence-electron chi connectivity index (χ4n) is 1.87. The van der Waals surface area contributed by atoms with Crippen LogP contribution in [-0.2, 0) is 5.54 Å². The van der Waals surface area contributed by atoms with Gasteiger partial charge in [-0.2, -0.15) is 0 Å². The molecule has 2 N–H and O–H groups in total. The molecule has 1 aromatic rings. The van der Waals surface area contributed by atoms with E-state index in [0.29, 0.717) is 0 Å². The van der Waals surface area contributed by atoms with E-state index in [9.17, 15) is 0 Å². The van der Waals surface area contributed by atoms with E-state index in [4.69, 9.17) is 12.2 Å². The first-order valence-corrected chi connectivity index (χ1v) is 4.61. The maximum atomic E-state index is 6.20. The van der Waals surface area contributed by atoms with Gasteiger partial charge in [0, 0.05) is 11.1 Å². The lowest BCUT2D eigenvalue weighted by atomic mass is 9.71. The van der Waals surface area contributed by atoms with E-state index < -0.39 is 0 Å². The average Bonchev–Trinajstić information content (AvgIpc) is 2.14. The van der Waals surface area contributed by atoms with Crippen LogP contribution in [0.4, 0.5) is 0 Å². The highest BCUT2D eigenvalue weighted by molar-refractivity contribution is 5.44. The predicted molar refractivity (Wildman–Crippen MR) is 54.1 cm³/mol. The van der Waals surface area contributed by atoms with Gasteiger partial charge < -0.3 is 5.73 Å². The maximum absolute atomic E-state index is 6.20. The summed E-state index contributed by atoms with van der Waals surface area (Å²) in [5.41, 5.74) is 8.16. The molecule has 0 atom stereocenters. The smallest absolute Gasteiger partial charge is 0.0422 e. The van der Waals surface area contributed by atoms with Gasteiger partial charge >= 0.3 is 0 Å². The molecule has 1 nitrogen and oxygen atoms in total. The van der Waals surface area contributed by atoms with Gasteiger partial charge in [-0.25, -0.2) is 0 Å². The molecule has 0 heterocycles. The lowest BCUT2D eigenvalue weighted by Gasteiger charge is -2.39. The summed E-state index contributed by atoms with van der Waals surface area (Å²) < 4.78 is 0. The van der Waals surface area contributed by atoms with Crippen molar-refractivity contribution in [2.75, 3.05) is 0 Å². The Bertz CT molecular complexity index is 356. The minimum Gasteiger partial charge on any atom is -0.321 e. The third-order valence-corrected chi connectivity index (χ3v) is 2.86. The molecule has 0 amide bonds. The molecule has 1 heteroatoms. The molecule has 13 heavy (non-hydrogen) atoms. The summed E-state index contributed by atoms with van der Waals surface area (Å²) in [4.78, 5) is 0. The number of hydrogen-bond donors (Lipinski definition) is 1. The molecule has 0 aromatic heterocycles. The van der Waals surface area contributed by atoms with E-state index in [2.05, 4.69) is 5.92 Å². The number of rotatable bonds is 1. The zero-order chi connectivity index (χ0) is 9.31. The van der Waals surface area contributed by atoms with Crippen molar-refractivity contribution >= 4 is 0 Å². The SMILES string of the molecule is C#Cc1ccccc1C1(N)CCC1. The van der Waals surface area contributed by atoms with Gasteiger partial charge in [-0.1, -0.05) is 24.1 Å². The van der Waals surface area contributed by atoms with Crippen molar-refractivity contribution in [2.45, 2.75) is 24.8 Å². The Kier molecular flexibility index (Phi) is 1.86. The number of terminal acetylenes is 1. The minimum absolute atomic E-state index is 0.136. The molecule has 0 unspecified atom stereocenters. The predicted octanol–water partition coefficient (Wildman–Crippen LogP) is 2.01. The normalized spacial score (nSPS) is 18.8. The van der Waals surface area contributed by atoms with Crippen LogP contribution < -0.4 is 5.73 Å². The molecule has 0 saturated heterocycles. The Morgan fingerprint density at radius 2 is 2.00 bits per heavy atom. The first-order chi connectivity index (χ1) is 6.26. The summed E-state index contributed by atoms with van der Waals surface area (Å²) in [6.45, 7) is 0. The first kappa shape index (κ1) is 8.34. The highest BCUT2D eigenvalue weighted by atomic mass is 14.8. The van der Waals surface area contributed by atoms with Gasteiger partial charge in [-0.05, 0) is 30.9 Å². The number of nitrogens with two attached hydrogens (primary N) is 1. The Hall–Kier alpha value is -1.26. The molecule has 0 aliphatic heterocycles. The van der Waals surface area contributed by atoms with E-state index in [1.54, 1.807) is 0 Å². The summed E-state index contributed by atoms with van der Waals surface area (Å²) in [5.74, 6) is 2.69. The lowest BCUT2D eigenvalue weighted by Crippen LogP contribution is -2.43. The number of hydrogen-bond acceptors (Lipinski definition) is 1. The van der Waals surface area contributed by atoms with E-state index in [-0.39, 0.29) is 5.54 Å². The van der Waals surface area contributed by atoms with Crippen LogP contribution in [0.25, 0.3) is 0 Å². The molecule has 0 radical (unpaired) electrons. The highest BCUT2D eigenvalue weighted by Crippen LogP contribution is 2.39. The molecule has 0 bridgehead atoms. The second-order valence-corrected chi connectivity index (χ2v) is 3.70. The van der Waals surface area contributed by atoms with E-state index in [1.807, 2.05) is 24.3 Å². The third kappa shape index (κ3) is 1.24. The summed E-state index contributed by atoms with van der Waals surface area (Å²) in [5, 5.41) is 0. The fraction of sp³-hybridized carbons (Fsp3) is 0.333. The van der Waals surface area contributed by atoms with Gasteiger partial charge in [-0.15, -0.1) is 6.42 Å². The average molecular weight is 171 g/mol. The van der Waals surface area contributed by atoms with Crippen molar-refractivity contribution in [2.24, 2.45) is 5.73 Å². The Balaban J connectivity index is 2.45. The molecule has 66 valence electrons. The van der Waals surface area contributed by atoms with Crippen LogP contribution in [0.15, 0.2) is 24.3 Å². The van der Waals surface area contributed by atoms with Crippen LogP contribution in [0.1, 0.15) is 30.4 Å². The van der Waals surface area contributed by atoms with Crippen LogP contribution in [0.2, 0.25) is 0 Å². The zero-order valence-electron chi connectivity index (χ0n) is 7.59. The molecule has 1 saturated carbocycles. The topological polar surface area (TPSA) is 26.0 Å². The van der Waals surface area contributed by atoms with Gasteiger partial charge in [0.15, 0.2) is 0 Å². The molecule has 2 rings (SSSR count). The van der Waals surface area contributed by atoms with Gasteiger partial charge in [0.25, 0.3) is 0 Å². The van der Waals surface area contributed by atoms with Crippen molar-refractivity contribution in [1.29, 1.82) is 0 Å². The standard InChI is InChI=1S/C12H13N/c1-2-10-6-3-4-7-11(10)12(13)8-5-9-12/h1,3-4,6-7H,5,8-9,13H2. The van der Waals surface area contributed by atoms with Crippen LogP contribution in [0, 0.1) is 12.3 Å². The molecule has 1 aliphatic rings. The molecule has 1 aromatic carbocycles. The quantitative estimate of drug-likeness (QED) is 0.643. The van der Waals surface area contributed by atoms with Crippen molar-refractivity contribution < 1.29 is 0 Å². The second-order valence-electron chi connectivity index (χ2n) is 3.70. The summed E-state index contributed by atoms with van der Waals surface area (Å²) in [6.07, 6.45) is 8.76. The van der Waals surface area contributed by atoms with Crippen LogP contribution >= 0.6 is 0 Å². The molecular formula is C12H13N. The van der Waals surface area contributed by atoms with Crippen molar-refractivity contribution in [1.82, 2.24) is 0 Å². The monoisotopic (exact) mass is 171 g/mol. The first-order valence-electron chi connectivity index (χ1n) is 4.61. The van der Waals surface area contributed by atoms with Crippen molar-refractivity contribution in [3.05, 3.63) is 35.4 Å². The highest BCUT2D eigenvalue weighted by Gasteiger charge is 2.35. The van der Waals surface area contributed by atoms with Gasteiger partial charge in [0.1, 0.15) is 0 Å². The van der Waals surface area contributed by atoms with Crippen LogP contribution in [0.3, 0.4) is 0 Å². The second kappa shape index (κ2) is 2.90. The summed E-state index contributed by atoms with van der Waals surface area (Å²) >= 11 is 0. The largest absolute Gasteiger partial charge is 0.321 e. The maximum Gasteiger partial charge on any atom is 0.0422 e. The van der Waals surface area contributed by atoms with Crippen LogP contribution in [-0.4, -0.2) is 0 Å². The number of benzene rings is 1. The molecular weight excluding hydrogens is 158 g/mol. The Morgan fingerprint density at radius 1 is 1.31 bits per heavy atom. The summed E-state index contributed by atoms with van der Waals surface area (Å²) in [7, 11) is 0. The van der Waals surface area contributed by atoms with E-state index in [0.717, 1.165) is 24.0 Å². The van der Waals surface area contributed by atoms with Gasteiger partial charge in [-0.3, -0.25) is 0 Å².